The van der Waals surface area contributed by atoms with E-state index in [4.69, 9.17) is 11.5 Å². The maximum absolute atomic E-state index is 12.6. The van der Waals surface area contributed by atoms with Gasteiger partial charge in [-0.05, 0) is 59.3 Å². The van der Waals surface area contributed by atoms with Crippen molar-refractivity contribution < 1.29 is 13.6 Å². The number of amidine groups is 1. The van der Waals surface area contributed by atoms with E-state index in [0.29, 0.717) is 0 Å². The van der Waals surface area contributed by atoms with Gasteiger partial charge in [0.25, 0.3) is 5.91 Å². The van der Waals surface area contributed by atoms with Crippen LogP contribution in [0.15, 0.2) is 70.8 Å². The molecule has 0 saturated heterocycles. The van der Waals surface area contributed by atoms with E-state index < -0.39 is 22.4 Å². The van der Waals surface area contributed by atoms with Gasteiger partial charge in [0.15, 0.2) is 0 Å². The summed E-state index contributed by atoms with van der Waals surface area (Å²) in [7, 11) is 0. The molecule has 0 radical (unpaired) electrons. The van der Waals surface area contributed by atoms with E-state index in [-0.39, 0.29) is 22.2 Å². The van der Waals surface area contributed by atoms with Gasteiger partial charge in [-0.1, -0.05) is 30.7 Å². The van der Waals surface area contributed by atoms with Crippen LogP contribution in [0.25, 0.3) is 11.1 Å². The van der Waals surface area contributed by atoms with E-state index >= 15 is 0 Å². The molecule has 31 heavy (non-hydrogen) atoms. The molecule has 3 aromatic rings. The molecule has 2 aromatic carbocycles. The van der Waals surface area contributed by atoms with E-state index in [2.05, 4.69) is 15.0 Å². The number of hydrogen-bond acceptors (Lipinski definition) is 6. The Morgan fingerprint density at radius 3 is 2.13 bits per heavy atom. The Morgan fingerprint density at radius 1 is 1.00 bits per heavy atom. The summed E-state index contributed by atoms with van der Waals surface area (Å²) in [5.41, 5.74) is 14.5. The number of nitrogens with zero attached hydrogens (tertiary/aromatic N) is 3. The molecule has 1 amide bonds. The van der Waals surface area contributed by atoms with E-state index in [0.717, 1.165) is 36.0 Å². The average molecular weight is 435 g/mol. The fraction of sp³-hybridized carbons (Fsp3) is 0.182. The molecule has 158 valence electrons. The van der Waals surface area contributed by atoms with Crippen LogP contribution in [0.4, 0.5) is 5.95 Å². The highest BCUT2D eigenvalue weighted by molar-refractivity contribution is 7.79. The van der Waals surface area contributed by atoms with Gasteiger partial charge in [0.2, 0.25) is 5.95 Å². The van der Waals surface area contributed by atoms with Gasteiger partial charge in [-0.3, -0.25) is 9.00 Å². The largest absolute Gasteiger partial charge is 0.768 e. The first-order valence-corrected chi connectivity index (χ1v) is 10.7. The van der Waals surface area contributed by atoms with Gasteiger partial charge in [0, 0.05) is 28.4 Å². The first-order chi connectivity index (χ1) is 14.9. The maximum atomic E-state index is 12.6. The zero-order valence-corrected chi connectivity index (χ0v) is 17.3. The van der Waals surface area contributed by atoms with Crippen molar-refractivity contribution in [2.45, 2.75) is 29.6 Å². The molecule has 0 aliphatic heterocycles. The lowest BCUT2D eigenvalue weighted by molar-refractivity contribution is 0.100. The number of carbonyl (C=O) groups is 1. The Labute approximate surface area is 181 Å². The topological polar surface area (TPSA) is 147 Å². The number of amides is 1. The zero-order chi connectivity index (χ0) is 22.0. The van der Waals surface area contributed by atoms with Gasteiger partial charge >= 0.3 is 0 Å². The Bertz CT molecular complexity index is 1160. The molecular weight excluding hydrogens is 414 g/mol. The molecule has 1 aliphatic rings. The fourth-order valence-corrected chi connectivity index (χ4v) is 4.04. The summed E-state index contributed by atoms with van der Waals surface area (Å²) in [6.45, 7) is 0. The van der Waals surface area contributed by atoms with Crippen LogP contribution in [0.5, 0.6) is 0 Å². The predicted octanol–water partition coefficient (Wildman–Crippen LogP) is 2.58. The van der Waals surface area contributed by atoms with Gasteiger partial charge in [0.05, 0.1) is 5.41 Å². The highest BCUT2D eigenvalue weighted by Crippen LogP contribution is 2.44. The number of nitrogens with two attached hydrogens (primary N) is 2. The Kier molecular flexibility index (Phi) is 5.62. The van der Waals surface area contributed by atoms with Gasteiger partial charge in [0.1, 0.15) is 5.84 Å². The first kappa shape index (κ1) is 20.8. The smallest absolute Gasteiger partial charge is 0.278 e. The number of carbonyl (C=O) groups excluding carboxylic acids is 1. The molecule has 0 bridgehead atoms. The molecule has 1 atom stereocenters. The van der Waals surface area contributed by atoms with Crippen molar-refractivity contribution >= 4 is 28.8 Å². The highest BCUT2D eigenvalue weighted by atomic mass is 32.2. The number of benzene rings is 2. The van der Waals surface area contributed by atoms with E-state index in [9.17, 15) is 13.6 Å². The van der Waals surface area contributed by atoms with Crippen LogP contribution in [0.2, 0.25) is 0 Å². The van der Waals surface area contributed by atoms with Gasteiger partial charge in [-0.15, -0.1) is 0 Å². The van der Waals surface area contributed by atoms with Crippen molar-refractivity contribution in [3.63, 3.8) is 0 Å². The molecule has 1 aromatic heterocycles. The van der Waals surface area contributed by atoms with Gasteiger partial charge in [-0.25, -0.2) is 9.97 Å². The third kappa shape index (κ3) is 4.10. The van der Waals surface area contributed by atoms with Crippen molar-refractivity contribution in [3.8, 4) is 11.1 Å². The molecule has 4 N–H and O–H groups in total. The van der Waals surface area contributed by atoms with Crippen LogP contribution in [-0.2, 0) is 16.5 Å². The third-order valence-corrected chi connectivity index (χ3v) is 6.31. The lowest BCUT2D eigenvalue weighted by Crippen LogP contribution is -2.47. The second-order valence-corrected chi connectivity index (χ2v) is 8.35. The molecule has 1 saturated carbocycles. The van der Waals surface area contributed by atoms with Crippen molar-refractivity contribution in [1.82, 2.24) is 9.97 Å². The summed E-state index contributed by atoms with van der Waals surface area (Å²) in [6.07, 6.45) is 5.92. The van der Waals surface area contributed by atoms with Crippen molar-refractivity contribution in [2.75, 3.05) is 5.73 Å². The second kappa shape index (κ2) is 8.37. The van der Waals surface area contributed by atoms with Crippen LogP contribution in [0, 0.1) is 0 Å². The summed E-state index contributed by atoms with van der Waals surface area (Å²) in [6, 6.07) is 13.5. The summed E-state index contributed by atoms with van der Waals surface area (Å²) in [4.78, 5) is 24.9. The number of rotatable bonds is 5. The van der Waals surface area contributed by atoms with E-state index in [1.807, 2.05) is 24.3 Å². The standard InChI is InChI=1S/C22H21N5O3S/c23-20(27-19(28)15-4-8-18(9-5-15)31(29)30)22(10-1-11-22)17-6-2-14(3-7-17)16-12-25-21(24)26-13-16/h2-9,12-13H,1,10-11H2,(H,29,30)(H2,23,27,28)(H2,24,25,26)/p-1. The molecule has 4 rings (SSSR count). The molecule has 9 heteroatoms. The average Bonchev–Trinajstić information content (AvgIpc) is 2.74. The first-order valence-electron chi connectivity index (χ1n) is 9.66. The number of hydrogen-bond donors (Lipinski definition) is 2. The predicted molar refractivity (Wildman–Crippen MR) is 117 cm³/mol. The highest BCUT2D eigenvalue weighted by Gasteiger charge is 2.42. The normalized spacial score (nSPS) is 16.4. The lowest BCUT2D eigenvalue weighted by Gasteiger charge is -2.41. The van der Waals surface area contributed by atoms with Gasteiger partial charge in [-0.2, -0.15) is 4.99 Å². The molecule has 1 fully saturated rings. The monoisotopic (exact) mass is 434 g/mol. The van der Waals surface area contributed by atoms with Crippen LogP contribution >= 0.6 is 0 Å². The summed E-state index contributed by atoms with van der Waals surface area (Å²) in [5, 5.41) is 0. The van der Waals surface area contributed by atoms with Gasteiger partial charge < -0.3 is 16.0 Å². The molecule has 1 aliphatic carbocycles. The summed E-state index contributed by atoms with van der Waals surface area (Å²) < 4.78 is 22.0. The third-order valence-electron chi connectivity index (χ3n) is 5.66. The molecular formula is C22H20N5O3S-. The van der Waals surface area contributed by atoms with Crippen LogP contribution in [0.1, 0.15) is 35.2 Å². The number of anilines is 1. The minimum absolute atomic E-state index is 0.107. The Morgan fingerprint density at radius 2 is 1.61 bits per heavy atom. The number of aliphatic imine (C=N–C) groups is 1. The molecule has 1 heterocycles. The van der Waals surface area contributed by atoms with Crippen LogP contribution < -0.4 is 11.5 Å². The van der Waals surface area contributed by atoms with Crippen LogP contribution in [-0.4, -0.2) is 30.5 Å². The minimum Gasteiger partial charge on any atom is -0.768 e. The van der Waals surface area contributed by atoms with E-state index in [1.165, 1.54) is 24.3 Å². The summed E-state index contributed by atoms with van der Waals surface area (Å²) in [5.74, 6) is -0.00943. The second-order valence-electron chi connectivity index (χ2n) is 7.40. The van der Waals surface area contributed by atoms with E-state index in [1.54, 1.807) is 12.4 Å². The Balaban J connectivity index is 1.58. The quantitative estimate of drug-likeness (QED) is 0.356. The number of nitrogen functional groups attached to an aromatic ring is 1. The molecule has 8 nitrogen and oxygen atoms in total. The van der Waals surface area contributed by atoms with Crippen molar-refractivity contribution in [2.24, 2.45) is 10.7 Å². The SMILES string of the molecule is NC(=NC(=O)c1ccc(S(=O)[O-])cc1)C1(c2ccc(-c3cnc(N)nc3)cc2)CCC1. The minimum atomic E-state index is -2.35. The lowest BCUT2D eigenvalue weighted by atomic mass is 9.63. The summed E-state index contributed by atoms with van der Waals surface area (Å²) >= 11 is -2.35. The van der Waals surface area contributed by atoms with Crippen molar-refractivity contribution in [1.29, 1.82) is 0 Å². The maximum Gasteiger partial charge on any atom is 0.278 e. The zero-order valence-electron chi connectivity index (χ0n) is 16.5. The van der Waals surface area contributed by atoms with Crippen LogP contribution in [0.3, 0.4) is 0 Å². The fourth-order valence-electron chi connectivity index (χ4n) is 3.68. The molecule has 1 unspecified atom stereocenters. The van der Waals surface area contributed by atoms with Crippen molar-refractivity contribution in [3.05, 3.63) is 72.1 Å². The molecule has 0 spiro atoms. The Hall–Kier alpha value is -3.43. The number of aromatic nitrogens is 2.